The summed E-state index contributed by atoms with van der Waals surface area (Å²) in [6.45, 7) is 2.59. The van der Waals surface area contributed by atoms with Crippen molar-refractivity contribution in [3.63, 3.8) is 0 Å². The highest BCUT2D eigenvalue weighted by molar-refractivity contribution is 6.08. The number of amides is 4. The minimum absolute atomic E-state index is 0.132. The van der Waals surface area contributed by atoms with Crippen molar-refractivity contribution in [1.29, 1.82) is 0 Å². The van der Waals surface area contributed by atoms with Gasteiger partial charge in [0.05, 0.1) is 13.7 Å². The highest BCUT2D eigenvalue weighted by Gasteiger charge is 2.50. The van der Waals surface area contributed by atoms with Crippen LogP contribution in [0.4, 0.5) is 4.79 Å². The molecule has 2 fully saturated rings. The smallest absolute Gasteiger partial charge is 0.344 e. The van der Waals surface area contributed by atoms with E-state index < -0.39 is 17.5 Å². The van der Waals surface area contributed by atoms with Crippen LogP contribution in [0.2, 0.25) is 0 Å². The Bertz CT molecular complexity index is 745. The number of ether oxygens (including phenoxy) is 1. The molecule has 1 saturated heterocycles. The number of benzene rings is 1. The zero-order valence-corrected chi connectivity index (χ0v) is 16.7. The predicted octanol–water partition coefficient (Wildman–Crippen LogP) is 1.62. The molecule has 1 aliphatic carbocycles. The number of methoxy groups -OCH3 is 1. The third-order valence-corrected chi connectivity index (χ3v) is 5.55. The van der Waals surface area contributed by atoms with Gasteiger partial charge in [-0.15, -0.1) is 0 Å². The fraction of sp³-hybridized carbons (Fsp3) is 0.550. The molecule has 1 aromatic carbocycles. The largest absolute Gasteiger partial charge is 0.497 e. The Morgan fingerprint density at radius 2 is 1.93 bits per heavy atom. The normalized spacial score (nSPS) is 22.6. The molecule has 2 aliphatic rings. The lowest BCUT2D eigenvalue weighted by Crippen LogP contribution is -2.50. The van der Waals surface area contributed by atoms with Crippen LogP contribution in [0.3, 0.4) is 0 Å². The van der Waals surface area contributed by atoms with E-state index in [4.69, 9.17) is 4.74 Å². The average Bonchev–Trinajstić information content (AvgIpc) is 3.24. The third-order valence-electron chi connectivity index (χ3n) is 5.55. The molecule has 1 heterocycles. The highest BCUT2D eigenvalue weighted by atomic mass is 16.5. The first-order chi connectivity index (χ1) is 13.3. The van der Waals surface area contributed by atoms with Gasteiger partial charge in [-0.1, -0.05) is 25.0 Å². The Balaban J connectivity index is 1.61. The molecule has 3 rings (SSSR count). The van der Waals surface area contributed by atoms with Gasteiger partial charge in [0.15, 0.2) is 0 Å². The van der Waals surface area contributed by atoms with E-state index in [-0.39, 0.29) is 12.5 Å². The van der Waals surface area contributed by atoms with E-state index in [1.165, 1.54) is 25.7 Å². The van der Waals surface area contributed by atoms with Crippen molar-refractivity contribution in [2.24, 2.45) is 5.92 Å². The molecule has 152 valence electrons. The molecule has 0 bridgehead atoms. The van der Waals surface area contributed by atoms with Crippen LogP contribution in [0.1, 0.15) is 38.2 Å². The lowest BCUT2D eigenvalue weighted by Gasteiger charge is -2.23. The lowest BCUT2D eigenvalue weighted by atomic mass is 9.92. The molecule has 1 saturated carbocycles. The van der Waals surface area contributed by atoms with Gasteiger partial charge in [-0.05, 0) is 50.4 Å². The number of hydrogen-bond acceptors (Lipinski definition) is 5. The van der Waals surface area contributed by atoms with Gasteiger partial charge in [0.2, 0.25) is 0 Å². The van der Waals surface area contributed by atoms with Gasteiger partial charge in [-0.3, -0.25) is 19.9 Å². The molecule has 8 nitrogen and oxygen atoms in total. The summed E-state index contributed by atoms with van der Waals surface area (Å²) >= 11 is 0. The zero-order valence-electron chi connectivity index (χ0n) is 16.7. The molecule has 1 atom stereocenters. The first kappa shape index (κ1) is 20.1. The summed E-state index contributed by atoms with van der Waals surface area (Å²) in [4.78, 5) is 39.5. The molecule has 2 N–H and O–H groups in total. The molecular formula is C20H28N4O4. The van der Waals surface area contributed by atoms with Crippen molar-refractivity contribution < 1.29 is 19.1 Å². The van der Waals surface area contributed by atoms with Gasteiger partial charge in [0.25, 0.3) is 11.8 Å². The van der Waals surface area contributed by atoms with Crippen LogP contribution in [0.25, 0.3) is 0 Å². The van der Waals surface area contributed by atoms with Crippen LogP contribution in [0.15, 0.2) is 24.3 Å². The van der Waals surface area contributed by atoms with Gasteiger partial charge in [0, 0.05) is 6.54 Å². The van der Waals surface area contributed by atoms with Crippen molar-refractivity contribution in [3.8, 4) is 5.75 Å². The Morgan fingerprint density at radius 1 is 1.29 bits per heavy atom. The second-order valence-electron chi connectivity index (χ2n) is 7.81. The lowest BCUT2D eigenvalue weighted by molar-refractivity contribution is -0.139. The Hall–Kier alpha value is -2.61. The number of urea groups is 1. The van der Waals surface area contributed by atoms with Gasteiger partial charge < -0.3 is 10.1 Å². The minimum atomic E-state index is -1.24. The molecule has 1 aromatic rings. The SMILES string of the molecule is COc1ccc(C2(C)NC(=O)N(NC(=O)CN(C)CC3CCCC3)C2=O)cc1. The summed E-state index contributed by atoms with van der Waals surface area (Å²) in [6, 6.07) is 6.24. The van der Waals surface area contributed by atoms with E-state index in [2.05, 4.69) is 10.7 Å². The van der Waals surface area contributed by atoms with Crippen LogP contribution in [-0.2, 0) is 15.1 Å². The molecule has 0 radical (unpaired) electrons. The number of nitrogens with zero attached hydrogens (tertiary/aromatic N) is 2. The molecule has 4 amide bonds. The number of nitrogens with one attached hydrogen (secondary N) is 2. The number of hydrogen-bond donors (Lipinski definition) is 2. The van der Waals surface area contributed by atoms with Crippen molar-refractivity contribution in [3.05, 3.63) is 29.8 Å². The highest BCUT2D eigenvalue weighted by Crippen LogP contribution is 2.29. The van der Waals surface area contributed by atoms with E-state index in [1.54, 1.807) is 38.3 Å². The maximum absolute atomic E-state index is 12.9. The zero-order chi connectivity index (χ0) is 20.3. The summed E-state index contributed by atoms with van der Waals surface area (Å²) in [5, 5.41) is 3.44. The summed E-state index contributed by atoms with van der Waals surface area (Å²) in [6.07, 6.45) is 4.88. The first-order valence-electron chi connectivity index (χ1n) is 9.62. The summed E-state index contributed by atoms with van der Waals surface area (Å²) in [7, 11) is 3.44. The Kier molecular flexibility index (Phi) is 5.88. The Morgan fingerprint density at radius 3 is 2.54 bits per heavy atom. The minimum Gasteiger partial charge on any atom is -0.497 e. The van der Waals surface area contributed by atoms with Crippen LogP contribution < -0.4 is 15.5 Å². The van der Waals surface area contributed by atoms with E-state index >= 15 is 0 Å². The van der Waals surface area contributed by atoms with Gasteiger partial charge in [-0.25, -0.2) is 4.79 Å². The molecular weight excluding hydrogens is 360 g/mol. The number of imide groups is 1. The van der Waals surface area contributed by atoms with E-state index in [9.17, 15) is 14.4 Å². The Labute approximate surface area is 165 Å². The van der Waals surface area contributed by atoms with Crippen LogP contribution in [-0.4, -0.2) is 55.0 Å². The summed E-state index contributed by atoms with van der Waals surface area (Å²) in [5.41, 5.74) is 1.82. The summed E-state index contributed by atoms with van der Waals surface area (Å²) < 4.78 is 5.13. The van der Waals surface area contributed by atoms with Gasteiger partial charge >= 0.3 is 6.03 Å². The average molecular weight is 388 g/mol. The van der Waals surface area contributed by atoms with Crippen molar-refractivity contribution in [1.82, 2.24) is 20.7 Å². The quantitative estimate of drug-likeness (QED) is 0.693. The molecule has 8 heteroatoms. The number of rotatable bonds is 7. The van der Waals surface area contributed by atoms with Crippen LogP contribution >= 0.6 is 0 Å². The number of hydrazine groups is 1. The predicted molar refractivity (Wildman–Crippen MR) is 103 cm³/mol. The third kappa shape index (κ3) is 4.11. The fourth-order valence-electron chi connectivity index (χ4n) is 3.96. The molecule has 1 unspecified atom stereocenters. The first-order valence-corrected chi connectivity index (χ1v) is 9.62. The van der Waals surface area contributed by atoms with Gasteiger partial charge in [0.1, 0.15) is 11.3 Å². The summed E-state index contributed by atoms with van der Waals surface area (Å²) in [5.74, 6) is 0.366. The molecule has 0 spiro atoms. The standard InChI is InChI=1S/C20H28N4O4/c1-20(15-8-10-16(28-3)11-9-15)18(26)24(19(27)21-20)22-17(25)13-23(2)12-14-6-4-5-7-14/h8-11,14H,4-7,12-13H2,1-3H3,(H,21,27)(H,22,25). The van der Waals surface area contributed by atoms with E-state index in [1.807, 2.05) is 11.9 Å². The second kappa shape index (κ2) is 8.18. The van der Waals surface area contributed by atoms with E-state index in [0.717, 1.165) is 11.6 Å². The fourth-order valence-corrected chi connectivity index (χ4v) is 3.96. The number of likely N-dealkylation sites (N-methyl/N-ethyl adjacent to an activating group) is 1. The molecule has 1 aliphatic heterocycles. The number of carbonyl (C=O) groups is 3. The maximum Gasteiger partial charge on any atom is 0.344 e. The van der Waals surface area contributed by atoms with Crippen molar-refractivity contribution in [2.45, 2.75) is 38.1 Å². The molecule has 28 heavy (non-hydrogen) atoms. The van der Waals surface area contributed by atoms with Crippen LogP contribution in [0, 0.1) is 5.92 Å². The van der Waals surface area contributed by atoms with Gasteiger partial charge in [-0.2, -0.15) is 5.01 Å². The number of carbonyl (C=O) groups excluding carboxylic acids is 3. The van der Waals surface area contributed by atoms with Crippen molar-refractivity contribution in [2.75, 3.05) is 27.2 Å². The monoisotopic (exact) mass is 388 g/mol. The molecule has 0 aromatic heterocycles. The van der Waals surface area contributed by atoms with Crippen LogP contribution in [0.5, 0.6) is 5.75 Å². The van der Waals surface area contributed by atoms with E-state index in [0.29, 0.717) is 17.2 Å². The maximum atomic E-state index is 12.9. The van der Waals surface area contributed by atoms with Crippen molar-refractivity contribution >= 4 is 17.8 Å². The second-order valence-corrected chi connectivity index (χ2v) is 7.81. The topological polar surface area (TPSA) is 91.0 Å².